The summed E-state index contributed by atoms with van der Waals surface area (Å²) in [6, 6.07) is 44.6. The van der Waals surface area contributed by atoms with E-state index in [-0.39, 0.29) is 0 Å². The molecule has 1 nitrogen and oxygen atoms in total. The third kappa shape index (κ3) is 4.72. The van der Waals surface area contributed by atoms with E-state index < -0.39 is 0 Å². The molecule has 0 radical (unpaired) electrons. The van der Waals surface area contributed by atoms with Crippen LogP contribution in [-0.4, -0.2) is 0 Å². The fourth-order valence-corrected chi connectivity index (χ4v) is 9.70. The zero-order valence-corrected chi connectivity index (χ0v) is 33.0. The smallest absolute Gasteiger partial charge is 0.136 e. The number of hydrogen-bond acceptors (Lipinski definition) is 1. The summed E-state index contributed by atoms with van der Waals surface area (Å²) in [5.41, 5.74) is 20.3. The maximum Gasteiger partial charge on any atom is 0.136 e. The second-order valence-electron chi connectivity index (χ2n) is 15.8. The van der Waals surface area contributed by atoms with Crippen molar-refractivity contribution in [1.29, 1.82) is 0 Å². The molecule has 1 aromatic heterocycles. The minimum Gasteiger partial charge on any atom is -0.456 e. The quantitative estimate of drug-likeness (QED) is 0.132. The molecule has 266 valence electrons. The van der Waals surface area contributed by atoms with Crippen LogP contribution in [0.15, 0.2) is 126 Å². The molecule has 0 aliphatic rings. The van der Waals surface area contributed by atoms with E-state index in [0.29, 0.717) is 0 Å². The lowest BCUT2D eigenvalue weighted by molar-refractivity contribution is 0.669. The molecule has 9 aromatic carbocycles. The summed E-state index contributed by atoms with van der Waals surface area (Å²) in [6.07, 6.45) is 0. The van der Waals surface area contributed by atoms with Crippen molar-refractivity contribution < 1.29 is 4.42 Å². The van der Waals surface area contributed by atoms with Gasteiger partial charge in [0.2, 0.25) is 0 Å². The first-order valence-electron chi connectivity index (χ1n) is 19.5. The van der Waals surface area contributed by atoms with Gasteiger partial charge >= 0.3 is 0 Å². The second kappa shape index (κ2) is 12.2. The van der Waals surface area contributed by atoms with E-state index in [9.17, 15) is 0 Å². The van der Waals surface area contributed by atoms with Gasteiger partial charge in [-0.3, -0.25) is 0 Å². The highest BCUT2D eigenvalue weighted by molar-refractivity contribution is 6.28. The minimum absolute atomic E-state index is 0.925. The lowest BCUT2D eigenvalue weighted by atomic mass is 9.76. The van der Waals surface area contributed by atoms with Crippen LogP contribution in [0.25, 0.3) is 98.4 Å². The standard InChI is InChI=1S/C54H44O/c1-29-31(3)35(7)50-48(33(29)5)52(41-17-13-16-39(27-41)40-26-25-38-24-23-37-15-9-10-18-42(37)45(38)28-40)49-34(6)30(2)32(4)36(8)51(49)54(50)44-20-14-22-47-53(44)43-19-11-12-21-46(43)55-47/h9-28H,1-8H3. The largest absolute Gasteiger partial charge is 0.456 e. The van der Waals surface area contributed by atoms with E-state index in [1.54, 1.807) is 0 Å². The van der Waals surface area contributed by atoms with E-state index in [2.05, 4.69) is 177 Å². The molecule has 0 saturated heterocycles. The van der Waals surface area contributed by atoms with Gasteiger partial charge in [0.15, 0.2) is 0 Å². The van der Waals surface area contributed by atoms with Crippen LogP contribution in [0.1, 0.15) is 44.5 Å². The molecule has 0 saturated carbocycles. The van der Waals surface area contributed by atoms with Gasteiger partial charge < -0.3 is 4.42 Å². The average molecular weight is 709 g/mol. The van der Waals surface area contributed by atoms with Gasteiger partial charge in [-0.05, 0) is 201 Å². The number of hydrogen-bond donors (Lipinski definition) is 0. The third-order valence-corrected chi connectivity index (χ3v) is 13.3. The zero-order chi connectivity index (χ0) is 37.9. The van der Waals surface area contributed by atoms with E-state index in [0.717, 1.165) is 16.6 Å². The number of fused-ring (bicyclic) bond motifs is 8. The van der Waals surface area contributed by atoms with Gasteiger partial charge in [-0.1, -0.05) is 97.1 Å². The first-order chi connectivity index (χ1) is 26.6. The molecule has 0 unspecified atom stereocenters. The molecular formula is C54H44O. The molecule has 10 aromatic rings. The van der Waals surface area contributed by atoms with Crippen LogP contribution >= 0.6 is 0 Å². The molecule has 0 N–H and O–H groups in total. The van der Waals surface area contributed by atoms with Gasteiger partial charge in [0.05, 0.1) is 0 Å². The van der Waals surface area contributed by atoms with Gasteiger partial charge in [-0.25, -0.2) is 0 Å². The maximum atomic E-state index is 6.53. The number of furan rings is 1. The first-order valence-corrected chi connectivity index (χ1v) is 19.5. The summed E-state index contributed by atoms with van der Waals surface area (Å²) < 4.78 is 6.53. The van der Waals surface area contributed by atoms with E-state index in [4.69, 9.17) is 4.42 Å². The van der Waals surface area contributed by atoms with Gasteiger partial charge in [0, 0.05) is 10.8 Å². The number of rotatable bonds is 3. The predicted octanol–water partition coefficient (Wildman–Crippen LogP) is 15.7. The zero-order valence-electron chi connectivity index (χ0n) is 33.0. The van der Waals surface area contributed by atoms with E-state index in [1.807, 2.05) is 0 Å². The molecular weight excluding hydrogens is 665 g/mol. The topological polar surface area (TPSA) is 13.1 Å². The van der Waals surface area contributed by atoms with Crippen molar-refractivity contribution in [2.45, 2.75) is 55.4 Å². The van der Waals surface area contributed by atoms with Crippen molar-refractivity contribution in [2.75, 3.05) is 0 Å². The van der Waals surface area contributed by atoms with Crippen LogP contribution in [0.2, 0.25) is 0 Å². The summed E-state index contributed by atoms with van der Waals surface area (Å²) in [4.78, 5) is 0. The summed E-state index contributed by atoms with van der Waals surface area (Å²) >= 11 is 0. The molecule has 0 aliphatic carbocycles. The molecule has 0 aliphatic heterocycles. The monoisotopic (exact) mass is 708 g/mol. The number of aryl methyl sites for hydroxylation is 4. The van der Waals surface area contributed by atoms with Crippen LogP contribution in [0, 0.1) is 55.4 Å². The van der Waals surface area contributed by atoms with Gasteiger partial charge in [0.1, 0.15) is 11.2 Å². The fourth-order valence-electron chi connectivity index (χ4n) is 9.70. The van der Waals surface area contributed by atoms with Crippen molar-refractivity contribution in [3.63, 3.8) is 0 Å². The van der Waals surface area contributed by atoms with Gasteiger partial charge in [-0.15, -0.1) is 0 Å². The van der Waals surface area contributed by atoms with Crippen LogP contribution in [0.4, 0.5) is 0 Å². The van der Waals surface area contributed by atoms with Gasteiger partial charge in [0.25, 0.3) is 0 Å². The highest BCUT2D eigenvalue weighted by Crippen LogP contribution is 2.52. The SMILES string of the molecule is Cc1c(C)c(C)c2c(-c3cccc4oc5ccccc5c34)c3c(C)c(C)c(C)c(C)c3c(-c3cccc(-c4ccc5ccc6ccccc6c5c4)c3)c2c1C. The Morgan fingerprint density at radius 3 is 1.47 bits per heavy atom. The predicted molar refractivity (Wildman–Crippen MR) is 238 cm³/mol. The van der Waals surface area contributed by atoms with Gasteiger partial charge in [-0.2, -0.15) is 0 Å². The fraction of sp³-hybridized carbons (Fsp3) is 0.148. The Morgan fingerprint density at radius 1 is 0.309 bits per heavy atom. The van der Waals surface area contributed by atoms with Crippen molar-refractivity contribution >= 4 is 65.0 Å². The van der Waals surface area contributed by atoms with E-state index in [1.165, 1.54) is 126 Å². The van der Waals surface area contributed by atoms with Crippen molar-refractivity contribution in [1.82, 2.24) is 0 Å². The summed E-state index contributed by atoms with van der Waals surface area (Å²) in [5, 5.41) is 12.8. The molecule has 0 spiro atoms. The van der Waals surface area contributed by atoms with Crippen molar-refractivity contribution in [2.24, 2.45) is 0 Å². The number of para-hydroxylation sites is 1. The molecule has 1 heterocycles. The normalized spacial score (nSPS) is 12.0. The molecule has 55 heavy (non-hydrogen) atoms. The Labute approximate surface area is 322 Å². The summed E-state index contributed by atoms with van der Waals surface area (Å²) in [7, 11) is 0. The third-order valence-electron chi connectivity index (χ3n) is 13.3. The first kappa shape index (κ1) is 33.4. The Balaban J connectivity index is 1.38. The summed E-state index contributed by atoms with van der Waals surface area (Å²) in [6.45, 7) is 18.6. The molecule has 1 heteroatoms. The van der Waals surface area contributed by atoms with Crippen molar-refractivity contribution in [3.05, 3.63) is 166 Å². The van der Waals surface area contributed by atoms with Crippen molar-refractivity contribution in [3.8, 4) is 33.4 Å². The van der Waals surface area contributed by atoms with Crippen LogP contribution in [-0.2, 0) is 0 Å². The molecule has 0 bridgehead atoms. The lowest BCUT2D eigenvalue weighted by Crippen LogP contribution is -2.04. The second-order valence-corrected chi connectivity index (χ2v) is 15.8. The van der Waals surface area contributed by atoms with Crippen LogP contribution in [0.3, 0.4) is 0 Å². The molecule has 0 fully saturated rings. The number of benzene rings is 9. The Bertz CT molecular complexity index is 3200. The molecule has 0 amide bonds. The van der Waals surface area contributed by atoms with Crippen LogP contribution in [0.5, 0.6) is 0 Å². The Kier molecular flexibility index (Phi) is 7.39. The highest BCUT2D eigenvalue weighted by Gasteiger charge is 2.27. The highest BCUT2D eigenvalue weighted by atomic mass is 16.3. The van der Waals surface area contributed by atoms with Crippen LogP contribution < -0.4 is 0 Å². The maximum absolute atomic E-state index is 6.53. The Hall–Kier alpha value is -6.18. The van der Waals surface area contributed by atoms with E-state index >= 15 is 0 Å². The molecule has 0 atom stereocenters. The molecule has 10 rings (SSSR count). The average Bonchev–Trinajstić information content (AvgIpc) is 3.61. The Morgan fingerprint density at radius 2 is 0.800 bits per heavy atom. The summed E-state index contributed by atoms with van der Waals surface area (Å²) in [5.74, 6) is 0. The lowest BCUT2D eigenvalue weighted by Gasteiger charge is -2.27. The minimum atomic E-state index is 0.925.